The maximum Gasteiger partial charge on any atom is 0.337 e. The molecule has 3 aromatic carbocycles. The van der Waals surface area contributed by atoms with Gasteiger partial charge in [-0.2, -0.15) is 0 Å². The zero-order valence-corrected chi connectivity index (χ0v) is 34.3. The van der Waals surface area contributed by atoms with Crippen LogP contribution in [0.5, 0.6) is 11.5 Å². The third-order valence-corrected chi connectivity index (χ3v) is 12.9. The average Bonchev–Trinajstić information content (AvgIpc) is 4.06. The predicted octanol–water partition coefficient (Wildman–Crippen LogP) is 8.33. The number of hydrogen-bond donors (Lipinski definition) is 0. The van der Waals surface area contributed by atoms with Crippen molar-refractivity contribution in [2.24, 2.45) is 0 Å². The van der Waals surface area contributed by atoms with Crippen LogP contribution in [0.4, 0.5) is 0 Å². The maximum absolute atomic E-state index is 13.8. The van der Waals surface area contributed by atoms with Crippen molar-refractivity contribution in [3.63, 3.8) is 0 Å². The molecule has 0 amide bonds. The Balaban J connectivity index is 0.000000152. The van der Waals surface area contributed by atoms with Gasteiger partial charge in [-0.05, 0) is 86.4 Å². The van der Waals surface area contributed by atoms with Gasteiger partial charge in [-0.25, -0.2) is 18.7 Å². The summed E-state index contributed by atoms with van der Waals surface area (Å²) < 4.78 is 17.2. The molecule has 0 radical (unpaired) electrons. The van der Waals surface area contributed by atoms with Crippen molar-refractivity contribution in [1.29, 1.82) is 0 Å². The number of aryl methyl sites for hydroxylation is 2. The average molecular weight is 809 g/mol. The Morgan fingerprint density at radius 1 is 0.593 bits per heavy atom. The summed E-state index contributed by atoms with van der Waals surface area (Å²) in [6.45, 7) is 3.91. The number of ether oxygens (including phenoxy) is 2. The summed E-state index contributed by atoms with van der Waals surface area (Å²) >= 11 is 1.41. The molecule has 10 rings (SSSR count). The number of methoxy groups -OCH3 is 2. The molecule has 0 atom stereocenters. The van der Waals surface area contributed by atoms with E-state index >= 15 is 0 Å². The number of aromatic nitrogens is 6. The molecule has 0 aliphatic heterocycles. The Hall–Kier alpha value is -6.34. The minimum atomic E-state index is -0.341. The van der Waals surface area contributed by atoms with Gasteiger partial charge in [0, 0.05) is 35.2 Å². The van der Waals surface area contributed by atoms with Gasteiger partial charge in [-0.1, -0.05) is 62.1 Å². The second-order valence-electron chi connectivity index (χ2n) is 15.5. The van der Waals surface area contributed by atoms with E-state index in [1.165, 1.54) is 20.5 Å². The number of fused-ring (bicyclic) bond motifs is 6. The summed E-state index contributed by atoms with van der Waals surface area (Å²) in [5.74, 6) is 1.26. The molecule has 59 heavy (non-hydrogen) atoms. The van der Waals surface area contributed by atoms with Crippen molar-refractivity contribution in [3.05, 3.63) is 137 Å². The van der Waals surface area contributed by atoms with Gasteiger partial charge >= 0.3 is 11.4 Å². The molecule has 13 heteroatoms. The Morgan fingerprint density at radius 2 is 1.08 bits per heavy atom. The van der Waals surface area contributed by atoms with Crippen molar-refractivity contribution >= 4 is 54.9 Å². The molecule has 5 aromatic heterocycles. The molecule has 5 heterocycles. The lowest BCUT2D eigenvalue weighted by Gasteiger charge is -2.20. The van der Waals surface area contributed by atoms with Crippen LogP contribution in [0.15, 0.2) is 104 Å². The van der Waals surface area contributed by atoms with Gasteiger partial charge in [0.15, 0.2) is 0 Å². The van der Waals surface area contributed by atoms with Gasteiger partial charge < -0.3 is 9.47 Å². The molecule has 0 bridgehead atoms. The highest BCUT2D eigenvalue weighted by atomic mass is 32.1. The molecular weight excluding hydrogens is 765 g/mol. The molecule has 0 spiro atoms. The molecule has 300 valence electrons. The lowest BCUT2D eigenvalue weighted by atomic mass is 10.1. The summed E-state index contributed by atoms with van der Waals surface area (Å²) in [6.07, 6.45) is 11.2. The summed E-state index contributed by atoms with van der Waals surface area (Å²) in [5.41, 5.74) is 4.04. The molecule has 12 nitrogen and oxygen atoms in total. The topological polar surface area (TPSA) is 132 Å². The predicted molar refractivity (Wildman–Crippen MR) is 234 cm³/mol. The normalized spacial score (nSPS) is 14.7. The Morgan fingerprint density at radius 3 is 1.56 bits per heavy atom. The number of rotatable bonds is 6. The monoisotopic (exact) mass is 808 g/mol. The number of thiophene rings is 1. The van der Waals surface area contributed by atoms with Crippen LogP contribution in [0.2, 0.25) is 0 Å². The number of pyridine rings is 2. The highest BCUT2D eigenvalue weighted by Gasteiger charge is 2.27. The summed E-state index contributed by atoms with van der Waals surface area (Å²) in [4.78, 5) is 63.4. The van der Waals surface area contributed by atoms with E-state index in [9.17, 15) is 19.2 Å². The lowest BCUT2D eigenvalue weighted by Crippen LogP contribution is -2.40. The zero-order chi connectivity index (χ0) is 40.9. The van der Waals surface area contributed by atoms with E-state index in [0.717, 1.165) is 73.3 Å². The van der Waals surface area contributed by atoms with E-state index < -0.39 is 0 Å². The summed E-state index contributed by atoms with van der Waals surface area (Å²) in [7, 11) is 3.20. The Bertz CT molecular complexity index is 3180. The second kappa shape index (κ2) is 15.4. The minimum absolute atomic E-state index is 0.0634. The van der Waals surface area contributed by atoms with Crippen LogP contribution in [-0.2, 0) is 0 Å². The molecule has 2 aliphatic carbocycles. The largest absolute Gasteiger partial charge is 0.494 e. The van der Waals surface area contributed by atoms with E-state index in [0.29, 0.717) is 55.0 Å². The quantitative estimate of drug-likeness (QED) is 0.153. The molecule has 0 unspecified atom stereocenters. The van der Waals surface area contributed by atoms with Gasteiger partial charge in [0.1, 0.15) is 27.5 Å². The third-order valence-electron chi connectivity index (χ3n) is 11.8. The summed E-state index contributed by atoms with van der Waals surface area (Å²) in [5, 5.41) is 5.06. The van der Waals surface area contributed by atoms with E-state index in [-0.39, 0.29) is 34.6 Å². The van der Waals surface area contributed by atoms with E-state index in [1.807, 2.05) is 89.0 Å². The fraction of sp³-hybridized carbons (Fsp3) is 0.304. The van der Waals surface area contributed by atoms with Crippen LogP contribution in [-0.4, -0.2) is 42.5 Å². The van der Waals surface area contributed by atoms with E-state index in [1.54, 1.807) is 32.7 Å². The fourth-order valence-corrected chi connectivity index (χ4v) is 9.97. The Labute approximate surface area is 342 Å². The van der Waals surface area contributed by atoms with Crippen LogP contribution >= 0.6 is 11.3 Å². The number of benzene rings is 3. The minimum Gasteiger partial charge on any atom is -0.494 e. The van der Waals surface area contributed by atoms with Crippen molar-refractivity contribution in [2.45, 2.75) is 77.3 Å². The molecule has 0 N–H and O–H groups in total. The number of hydrogen-bond acceptors (Lipinski definition) is 9. The second-order valence-corrected chi connectivity index (χ2v) is 16.4. The van der Waals surface area contributed by atoms with Crippen LogP contribution in [0.25, 0.3) is 54.3 Å². The van der Waals surface area contributed by atoms with Crippen molar-refractivity contribution < 1.29 is 9.47 Å². The first-order valence-electron chi connectivity index (χ1n) is 20.1. The van der Waals surface area contributed by atoms with E-state index in [4.69, 9.17) is 9.47 Å². The maximum atomic E-state index is 13.8. The highest BCUT2D eigenvalue weighted by molar-refractivity contribution is 7.12. The molecule has 8 aromatic rings. The van der Waals surface area contributed by atoms with Crippen molar-refractivity contribution in [1.82, 2.24) is 28.2 Å². The van der Waals surface area contributed by atoms with Gasteiger partial charge in [0.2, 0.25) is 0 Å². The van der Waals surface area contributed by atoms with Crippen molar-refractivity contribution in [2.75, 3.05) is 14.2 Å². The van der Waals surface area contributed by atoms with Gasteiger partial charge in [-0.15, -0.1) is 11.3 Å². The smallest absolute Gasteiger partial charge is 0.337 e. The standard InChI is InChI=1S/C24H23N3O3.C22H21N3O3S/c1-15-7-5-10-17(13-15)27-23(28)19-14-25-21-18(11-6-12-20(21)30-2)22(19)26(24(27)29)16-8-3-4-9-16;1-13-10-18(29-12-13)25-21(26)16-11-23-19-15(8-5-9-17(19)28-2)20(16)24(22(25)27)14-6-3-4-7-14/h5-7,10-14,16H,3-4,8-9H2,1-2H3;5,8-12,14H,3-4,6-7H2,1-2H3. The zero-order valence-electron chi connectivity index (χ0n) is 33.4. The molecule has 2 fully saturated rings. The van der Waals surface area contributed by atoms with Crippen LogP contribution in [0.1, 0.15) is 74.6 Å². The van der Waals surface area contributed by atoms with Gasteiger partial charge in [0.05, 0.1) is 41.7 Å². The SMILES string of the molecule is COc1cccc2c1ncc1c(=O)n(-c3cc(C)cs3)c(=O)n(C3CCCC3)c12.COc1cccc2c1ncc1c(=O)n(-c3cccc(C)c3)c(=O)n(C3CCCC3)c12. The van der Waals surface area contributed by atoms with E-state index in [2.05, 4.69) is 9.97 Å². The summed E-state index contributed by atoms with van der Waals surface area (Å²) in [6, 6.07) is 20.8. The third kappa shape index (κ3) is 6.44. The fourth-order valence-electron chi connectivity index (χ4n) is 9.07. The molecule has 0 saturated heterocycles. The van der Waals surface area contributed by atoms with Crippen LogP contribution in [0.3, 0.4) is 0 Å². The first-order valence-corrected chi connectivity index (χ1v) is 21.0. The Kier molecular flexibility index (Phi) is 10.00. The van der Waals surface area contributed by atoms with Gasteiger partial charge in [-0.3, -0.25) is 28.7 Å². The number of nitrogens with zero attached hydrogens (tertiary/aromatic N) is 6. The van der Waals surface area contributed by atoms with Crippen molar-refractivity contribution in [3.8, 4) is 22.2 Å². The number of para-hydroxylation sites is 2. The first-order chi connectivity index (χ1) is 28.7. The molecule has 2 aliphatic rings. The first kappa shape index (κ1) is 38.2. The highest BCUT2D eigenvalue weighted by Crippen LogP contribution is 2.36. The molecular formula is C46H44N6O6S. The van der Waals surface area contributed by atoms with Crippen LogP contribution < -0.4 is 32.0 Å². The molecule has 2 saturated carbocycles. The van der Waals surface area contributed by atoms with Crippen LogP contribution in [0, 0.1) is 13.8 Å². The van der Waals surface area contributed by atoms with Gasteiger partial charge in [0.25, 0.3) is 11.1 Å². The lowest BCUT2D eigenvalue weighted by molar-refractivity contribution is 0.419.